The van der Waals surface area contributed by atoms with Crippen LogP contribution in [0.4, 0.5) is 0 Å². The van der Waals surface area contributed by atoms with E-state index in [0.29, 0.717) is 36.3 Å². The van der Waals surface area contributed by atoms with Crippen LogP contribution < -0.4 is 14.8 Å². The van der Waals surface area contributed by atoms with Crippen molar-refractivity contribution in [3.8, 4) is 11.5 Å². The van der Waals surface area contributed by atoms with Gasteiger partial charge < -0.3 is 29.5 Å². The fourth-order valence-electron chi connectivity index (χ4n) is 4.20. The van der Waals surface area contributed by atoms with Gasteiger partial charge in [0.05, 0.1) is 25.2 Å². The van der Waals surface area contributed by atoms with Gasteiger partial charge in [-0.25, -0.2) is 0 Å². The van der Waals surface area contributed by atoms with Crippen molar-refractivity contribution >= 4 is 11.8 Å². The summed E-state index contributed by atoms with van der Waals surface area (Å²) in [6.07, 6.45) is 4.21. The highest BCUT2D eigenvalue weighted by molar-refractivity contribution is 5.95. The van der Waals surface area contributed by atoms with E-state index < -0.39 is 6.10 Å². The number of hydrogen-bond acceptors (Lipinski definition) is 6. The van der Waals surface area contributed by atoms with E-state index in [9.17, 15) is 14.7 Å². The second-order valence-electron chi connectivity index (χ2n) is 7.85. The molecule has 158 valence electrons. The van der Waals surface area contributed by atoms with Gasteiger partial charge in [-0.15, -0.1) is 0 Å². The molecule has 0 unspecified atom stereocenters. The summed E-state index contributed by atoms with van der Waals surface area (Å²) >= 11 is 0. The lowest BCUT2D eigenvalue weighted by Gasteiger charge is -2.37. The van der Waals surface area contributed by atoms with Crippen LogP contribution in [0.5, 0.6) is 11.5 Å². The third kappa shape index (κ3) is 4.64. The number of carbonyl (C=O) groups excluding carboxylic acids is 2. The smallest absolute Gasteiger partial charge is 0.251 e. The van der Waals surface area contributed by atoms with E-state index in [2.05, 4.69) is 5.32 Å². The number of hydrogen-bond donors (Lipinski definition) is 2. The molecule has 2 fully saturated rings. The zero-order chi connectivity index (χ0) is 20.2. The summed E-state index contributed by atoms with van der Waals surface area (Å²) in [5.41, 5.74) is 0.466. The molecular weight excluding hydrogens is 376 g/mol. The Bertz CT molecular complexity index is 749. The normalized spacial score (nSPS) is 26.2. The minimum absolute atomic E-state index is 0.120. The van der Waals surface area contributed by atoms with Crippen LogP contribution in [0.15, 0.2) is 18.2 Å². The lowest BCUT2D eigenvalue weighted by molar-refractivity contribution is -0.141. The zero-order valence-corrected chi connectivity index (χ0v) is 16.5. The molecule has 3 aliphatic heterocycles. The molecule has 1 aromatic carbocycles. The average molecular weight is 404 g/mol. The summed E-state index contributed by atoms with van der Waals surface area (Å²) < 4.78 is 16.6. The fraction of sp³-hybridized carbons (Fsp3) is 0.619. The summed E-state index contributed by atoms with van der Waals surface area (Å²) in [6.45, 7) is 1.59. The monoisotopic (exact) mass is 404 g/mol. The average Bonchev–Trinajstić information content (AvgIpc) is 3.23. The maximum absolute atomic E-state index is 12.6. The second-order valence-corrected chi connectivity index (χ2v) is 7.85. The number of fused-ring (bicyclic) bond motifs is 1. The maximum Gasteiger partial charge on any atom is 0.251 e. The number of aliphatic hydroxyl groups is 1. The number of ether oxygens (including phenoxy) is 3. The SMILES string of the molecule is O=C(N[C@@H]1CC[C@@H](CC(=O)N2CCCCC2)O[C@@H]1CO)c1ccc2c(c1)OCO2. The summed E-state index contributed by atoms with van der Waals surface area (Å²) in [6, 6.07) is 4.73. The quantitative estimate of drug-likeness (QED) is 0.771. The van der Waals surface area contributed by atoms with Crippen molar-refractivity contribution in [2.75, 3.05) is 26.5 Å². The number of nitrogens with zero attached hydrogens (tertiary/aromatic N) is 1. The van der Waals surface area contributed by atoms with E-state index in [0.717, 1.165) is 25.9 Å². The van der Waals surface area contributed by atoms with Gasteiger partial charge >= 0.3 is 0 Å². The van der Waals surface area contributed by atoms with Crippen LogP contribution in [0, 0.1) is 0 Å². The van der Waals surface area contributed by atoms with E-state index in [1.807, 2.05) is 4.90 Å². The molecule has 3 atom stereocenters. The Morgan fingerprint density at radius 2 is 1.90 bits per heavy atom. The number of piperidine rings is 1. The second kappa shape index (κ2) is 9.00. The Balaban J connectivity index is 1.31. The van der Waals surface area contributed by atoms with E-state index in [1.54, 1.807) is 18.2 Å². The first-order chi connectivity index (χ1) is 14.1. The molecule has 3 aliphatic rings. The Hall–Kier alpha value is -2.32. The third-order valence-electron chi connectivity index (χ3n) is 5.86. The highest BCUT2D eigenvalue weighted by Crippen LogP contribution is 2.32. The predicted molar refractivity (Wildman–Crippen MR) is 104 cm³/mol. The van der Waals surface area contributed by atoms with Crippen LogP contribution in [-0.4, -0.2) is 66.6 Å². The molecule has 4 rings (SSSR count). The minimum Gasteiger partial charge on any atom is -0.454 e. The molecule has 2 saturated heterocycles. The van der Waals surface area contributed by atoms with Gasteiger partial charge in [0.2, 0.25) is 12.7 Å². The minimum atomic E-state index is -0.527. The van der Waals surface area contributed by atoms with Gasteiger partial charge in [-0.1, -0.05) is 0 Å². The van der Waals surface area contributed by atoms with E-state index in [4.69, 9.17) is 14.2 Å². The summed E-state index contributed by atoms with van der Waals surface area (Å²) in [4.78, 5) is 27.0. The largest absolute Gasteiger partial charge is 0.454 e. The molecule has 1 aromatic rings. The van der Waals surface area contributed by atoms with Gasteiger partial charge in [0.15, 0.2) is 11.5 Å². The lowest BCUT2D eigenvalue weighted by Crippen LogP contribution is -2.51. The Kier molecular flexibility index (Phi) is 6.20. The Morgan fingerprint density at radius 3 is 2.69 bits per heavy atom. The van der Waals surface area contributed by atoms with Gasteiger partial charge in [-0.05, 0) is 50.3 Å². The first-order valence-electron chi connectivity index (χ1n) is 10.4. The fourth-order valence-corrected chi connectivity index (χ4v) is 4.20. The molecule has 2 N–H and O–H groups in total. The molecule has 0 saturated carbocycles. The maximum atomic E-state index is 12.6. The highest BCUT2D eigenvalue weighted by atomic mass is 16.7. The van der Waals surface area contributed by atoms with E-state index in [1.165, 1.54) is 6.42 Å². The van der Waals surface area contributed by atoms with Gasteiger partial charge in [-0.2, -0.15) is 0 Å². The standard InChI is InChI=1S/C21H28N2O6/c24-12-19-16(22-21(26)14-4-7-17-18(10-14)28-13-27-17)6-5-15(29-19)11-20(25)23-8-2-1-3-9-23/h4,7,10,15-16,19,24H,1-3,5-6,8-9,11-13H2,(H,22,26)/t15-,16+,19+/m0/s1. The van der Waals surface area contributed by atoms with Crippen LogP contribution in [0.3, 0.4) is 0 Å². The molecule has 29 heavy (non-hydrogen) atoms. The topological polar surface area (TPSA) is 97.3 Å². The molecule has 8 nitrogen and oxygen atoms in total. The number of amides is 2. The van der Waals surface area contributed by atoms with Crippen molar-refractivity contribution in [2.45, 2.75) is 56.8 Å². The van der Waals surface area contributed by atoms with Gasteiger partial charge in [0, 0.05) is 18.7 Å². The number of aliphatic hydroxyl groups excluding tert-OH is 1. The zero-order valence-electron chi connectivity index (χ0n) is 16.5. The first kappa shape index (κ1) is 20.0. The molecule has 0 bridgehead atoms. The number of likely N-dealkylation sites (tertiary alicyclic amines) is 1. The molecule has 0 radical (unpaired) electrons. The van der Waals surface area contributed by atoms with E-state index in [-0.39, 0.29) is 37.4 Å². The molecule has 0 spiro atoms. The van der Waals surface area contributed by atoms with Crippen LogP contribution >= 0.6 is 0 Å². The molecule has 8 heteroatoms. The van der Waals surface area contributed by atoms with Gasteiger partial charge in [0.1, 0.15) is 6.10 Å². The predicted octanol–water partition coefficient (Wildman–Crippen LogP) is 1.46. The van der Waals surface area contributed by atoms with Crippen LogP contribution in [-0.2, 0) is 9.53 Å². The Morgan fingerprint density at radius 1 is 1.10 bits per heavy atom. The number of benzene rings is 1. The van der Waals surface area contributed by atoms with Crippen molar-refractivity contribution in [3.05, 3.63) is 23.8 Å². The summed E-state index contributed by atoms with van der Waals surface area (Å²) in [7, 11) is 0. The number of rotatable bonds is 5. The lowest BCUT2D eigenvalue weighted by atomic mass is 9.96. The van der Waals surface area contributed by atoms with Gasteiger partial charge in [0.25, 0.3) is 5.91 Å². The van der Waals surface area contributed by atoms with Gasteiger partial charge in [-0.3, -0.25) is 9.59 Å². The van der Waals surface area contributed by atoms with Crippen LogP contribution in [0.2, 0.25) is 0 Å². The molecule has 0 aliphatic carbocycles. The molecular formula is C21H28N2O6. The van der Waals surface area contributed by atoms with Crippen molar-refractivity contribution in [2.24, 2.45) is 0 Å². The molecule has 2 amide bonds. The van der Waals surface area contributed by atoms with Crippen molar-refractivity contribution < 1.29 is 28.9 Å². The third-order valence-corrected chi connectivity index (χ3v) is 5.86. The van der Waals surface area contributed by atoms with Crippen LogP contribution in [0.25, 0.3) is 0 Å². The number of nitrogens with one attached hydrogen (secondary N) is 1. The van der Waals surface area contributed by atoms with Crippen molar-refractivity contribution in [1.82, 2.24) is 10.2 Å². The Labute approximate surface area is 170 Å². The molecule has 0 aromatic heterocycles. The van der Waals surface area contributed by atoms with Crippen LogP contribution in [0.1, 0.15) is 48.9 Å². The van der Waals surface area contributed by atoms with Crippen molar-refractivity contribution in [1.29, 1.82) is 0 Å². The van der Waals surface area contributed by atoms with Crippen molar-refractivity contribution in [3.63, 3.8) is 0 Å². The summed E-state index contributed by atoms with van der Waals surface area (Å²) in [5, 5.41) is 12.7. The first-order valence-corrected chi connectivity index (χ1v) is 10.4. The van der Waals surface area contributed by atoms with E-state index >= 15 is 0 Å². The molecule has 3 heterocycles. The number of carbonyl (C=O) groups is 2. The summed E-state index contributed by atoms with van der Waals surface area (Å²) in [5.74, 6) is 1.04. The highest BCUT2D eigenvalue weighted by Gasteiger charge is 2.34.